The molecule has 128 valence electrons. The minimum absolute atomic E-state index is 0.201. The Labute approximate surface area is 141 Å². The van der Waals surface area contributed by atoms with Crippen molar-refractivity contribution in [1.29, 1.82) is 0 Å². The molecule has 2 aromatic rings. The van der Waals surface area contributed by atoms with Gasteiger partial charge in [-0.25, -0.2) is 9.78 Å². The van der Waals surface area contributed by atoms with Gasteiger partial charge >= 0.3 is 6.03 Å². The number of urea groups is 1. The van der Waals surface area contributed by atoms with Gasteiger partial charge in [-0.05, 0) is 30.7 Å². The van der Waals surface area contributed by atoms with E-state index < -0.39 is 0 Å². The first-order chi connectivity index (χ1) is 11.6. The van der Waals surface area contributed by atoms with Crippen LogP contribution >= 0.6 is 0 Å². The van der Waals surface area contributed by atoms with Crippen molar-refractivity contribution < 1.29 is 13.9 Å². The Kier molecular flexibility index (Phi) is 5.15. The molecular formula is C18H23N3O3. The van der Waals surface area contributed by atoms with Crippen molar-refractivity contribution in [3.05, 3.63) is 36.2 Å². The molecule has 2 heterocycles. The highest BCUT2D eigenvalue weighted by molar-refractivity contribution is 5.89. The van der Waals surface area contributed by atoms with Crippen LogP contribution in [0, 0.1) is 5.92 Å². The number of carbonyl (C=O) groups excluding carboxylic acids is 1. The number of amides is 2. The number of oxazole rings is 1. The molecule has 0 unspecified atom stereocenters. The SMILES string of the molecule is CC(C)c1cnc(-c2ccc(NC(=O)NC[C@@H]3CCOC3)cc2)o1. The van der Waals surface area contributed by atoms with E-state index in [4.69, 9.17) is 9.15 Å². The second-order valence-corrected chi connectivity index (χ2v) is 6.36. The maximum atomic E-state index is 11.9. The van der Waals surface area contributed by atoms with E-state index in [2.05, 4.69) is 29.5 Å². The van der Waals surface area contributed by atoms with E-state index in [0.29, 0.717) is 24.3 Å². The second kappa shape index (κ2) is 7.49. The van der Waals surface area contributed by atoms with Gasteiger partial charge < -0.3 is 19.8 Å². The van der Waals surface area contributed by atoms with E-state index in [1.165, 1.54) is 0 Å². The number of rotatable bonds is 5. The maximum absolute atomic E-state index is 11.9. The van der Waals surface area contributed by atoms with E-state index in [9.17, 15) is 4.79 Å². The van der Waals surface area contributed by atoms with Gasteiger partial charge in [0.05, 0.1) is 12.8 Å². The van der Waals surface area contributed by atoms with E-state index in [1.54, 1.807) is 6.20 Å². The topological polar surface area (TPSA) is 76.4 Å². The largest absolute Gasteiger partial charge is 0.441 e. The van der Waals surface area contributed by atoms with Crippen LogP contribution in [-0.4, -0.2) is 30.8 Å². The minimum atomic E-state index is -0.201. The highest BCUT2D eigenvalue weighted by Crippen LogP contribution is 2.24. The van der Waals surface area contributed by atoms with E-state index in [0.717, 1.165) is 36.6 Å². The fraction of sp³-hybridized carbons (Fsp3) is 0.444. The Balaban J connectivity index is 1.54. The molecule has 0 spiro atoms. The van der Waals surface area contributed by atoms with Gasteiger partial charge in [0.1, 0.15) is 5.76 Å². The van der Waals surface area contributed by atoms with Crippen LogP contribution in [0.4, 0.5) is 10.5 Å². The second-order valence-electron chi connectivity index (χ2n) is 6.36. The molecule has 1 fully saturated rings. The fourth-order valence-corrected chi connectivity index (χ4v) is 2.54. The molecule has 1 atom stereocenters. The summed E-state index contributed by atoms with van der Waals surface area (Å²) in [5, 5.41) is 5.70. The van der Waals surface area contributed by atoms with Gasteiger partial charge in [-0.2, -0.15) is 0 Å². The lowest BCUT2D eigenvalue weighted by atomic mass is 10.1. The molecule has 0 aliphatic carbocycles. The van der Waals surface area contributed by atoms with Crippen LogP contribution in [0.5, 0.6) is 0 Å². The molecule has 6 nitrogen and oxygen atoms in total. The number of anilines is 1. The number of nitrogens with zero attached hydrogens (tertiary/aromatic N) is 1. The van der Waals surface area contributed by atoms with E-state index in [-0.39, 0.29) is 6.03 Å². The Hall–Kier alpha value is -2.34. The summed E-state index contributed by atoms with van der Waals surface area (Å²) in [4.78, 5) is 16.2. The summed E-state index contributed by atoms with van der Waals surface area (Å²) >= 11 is 0. The average Bonchev–Trinajstić information content (AvgIpc) is 3.25. The lowest BCUT2D eigenvalue weighted by molar-refractivity contribution is 0.185. The zero-order valence-electron chi connectivity index (χ0n) is 14.0. The molecule has 1 aliphatic heterocycles. The lowest BCUT2D eigenvalue weighted by Crippen LogP contribution is -2.33. The Morgan fingerprint density at radius 2 is 2.12 bits per heavy atom. The zero-order valence-corrected chi connectivity index (χ0v) is 14.0. The number of aromatic nitrogens is 1. The van der Waals surface area contributed by atoms with Gasteiger partial charge in [-0.3, -0.25) is 0 Å². The van der Waals surface area contributed by atoms with Crippen LogP contribution in [0.25, 0.3) is 11.5 Å². The molecule has 0 bridgehead atoms. The first-order valence-corrected chi connectivity index (χ1v) is 8.30. The molecule has 1 aromatic heterocycles. The fourth-order valence-electron chi connectivity index (χ4n) is 2.54. The van der Waals surface area contributed by atoms with Crippen molar-refractivity contribution in [2.24, 2.45) is 5.92 Å². The monoisotopic (exact) mass is 329 g/mol. The van der Waals surface area contributed by atoms with Gasteiger partial charge in [0.15, 0.2) is 0 Å². The summed E-state index contributed by atoms with van der Waals surface area (Å²) in [7, 11) is 0. The summed E-state index contributed by atoms with van der Waals surface area (Å²) in [5.74, 6) is 2.18. The predicted molar refractivity (Wildman–Crippen MR) is 92.0 cm³/mol. The number of ether oxygens (including phenoxy) is 1. The highest BCUT2D eigenvalue weighted by atomic mass is 16.5. The van der Waals surface area contributed by atoms with Gasteiger partial charge in [-0.15, -0.1) is 0 Å². The van der Waals surface area contributed by atoms with Crippen molar-refractivity contribution in [3.8, 4) is 11.5 Å². The van der Waals surface area contributed by atoms with Crippen LogP contribution in [0.1, 0.15) is 31.9 Å². The smallest absolute Gasteiger partial charge is 0.319 e. The molecule has 2 amide bonds. The van der Waals surface area contributed by atoms with E-state index in [1.807, 2.05) is 24.3 Å². The molecule has 0 saturated carbocycles. The normalized spacial score (nSPS) is 17.2. The van der Waals surface area contributed by atoms with Gasteiger partial charge in [0.25, 0.3) is 0 Å². The number of hydrogen-bond acceptors (Lipinski definition) is 4. The molecule has 24 heavy (non-hydrogen) atoms. The van der Waals surface area contributed by atoms with Crippen LogP contribution in [0.3, 0.4) is 0 Å². The third-order valence-electron chi connectivity index (χ3n) is 4.06. The third-order valence-corrected chi connectivity index (χ3v) is 4.06. The molecular weight excluding hydrogens is 306 g/mol. The van der Waals surface area contributed by atoms with Crippen LogP contribution in [-0.2, 0) is 4.74 Å². The molecule has 1 saturated heterocycles. The zero-order chi connectivity index (χ0) is 16.9. The molecule has 2 N–H and O–H groups in total. The average molecular weight is 329 g/mol. The first kappa shape index (κ1) is 16.5. The van der Waals surface area contributed by atoms with Gasteiger partial charge in [0, 0.05) is 36.2 Å². The number of carbonyl (C=O) groups is 1. The van der Waals surface area contributed by atoms with Crippen LogP contribution < -0.4 is 10.6 Å². The maximum Gasteiger partial charge on any atom is 0.319 e. The quantitative estimate of drug-likeness (QED) is 0.878. The molecule has 3 rings (SSSR count). The molecule has 1 aliphatic rings. The summed E-state index contributed by atoms with van der Waals surface area (Å²) in [5.41, 5.74) is 1.62. The minimum Gasteiger partial charge on any atom is -0.441 e. The number of nitrogens with one attached hydrogen (secondary N) is 2. The summed E-state index contributed by atoms with van der Waals surface area (Å²) in [6.45, 7) is 6.28. The third kappa shape index (κ3) is 4.14. The van der Waals surface area contributed by atoms with Crippen molar-refractivity contribution >= 4 is 11.7 Å². The lowest BCUT2D eigenvalue weighted by Gasteiger charge is -2.11. The number of benzene rings is 1. The molecule has 0 radical (unpaired) electrons. The summed E-state index contributed by atoms with van der Waals surface area (Å²) in [6.07, 6.45) is 2.76. The van der Waals surface area contributed by atoms with Crippen LogP contribution in [0.15, 0.2) is 34.9 Å². The van der Waals surface area contributed by atoms with Crippen molar-refractivity contribution in [2.75, 3.05) is 25.1 Å². The first-order valence-electron chi connectivity index (χ1n) is 8.30. The van der Waals surface area contributed by atoms with Crippen molar-refractivity contribution in [1.82, 2.24) is 10.3 Å². The Morgan fingerprint density at radius 3 is 2.75 bits per heavy atom. The van der Waals surface area contributed by atoms with Crippen LogP contribution in [0.2, 0.25) is 0 Å². The summed E-state index contributed by atoms with van der Waals surface area (Å²) < 4.78 is 11.0. The number of hydrogen-bond donors (Lipinski definition) is 2. The molecule has 6 heteroatoms. The Morgan fingerprint density at radius 1 is 1.33 bits per heavy atom. The highest BCUT2D eigenvalue weighted by Gasteiger charge is 2.16. The summed E-state index contributed by atoms with van der Waals surface area (Å²) in [6, 6.07) is 7.25. The van der Waals surface area contributed by atoms with Gasteiger partial charge in [-0.1, -0.05) is 13.8 Å². The molecule has 1 aromatic carbocycles. The Bertz CT molecular complexity index is 673. The van der Waals surface area contributed by atoms with E-state index >= 15 is 0 Å². The predicted octanol–water partition coefficient (Wildman–Crippen LogP) is 3.62. The van der Waals surface area contributed by atoms with Crippen molar-refractivity contribution in [2.45, 2.75) is 26.2 Å². The van der Waals surface area contributed by atoms with Gasteiger partial charge in [0.2, 0.25) is 5.89 Å². The van der Waals surface area contributed by atoms with Crippen molar-refractivity contribution in [3.63, 3.8) is 0 Å². The standard InChI is InChI=1S/C18H23N3O3/c1-12(2)16-10-19-17(24-16)14-3-5-15(6-4-14)21-18(22)20-9-13-7-8-23-11-13/h3-6,10,12-13H,7-9,11H2,1-2H3,(H2,20,21,22)/t13-/m0/s1.